The molecule has 6 nitrogen and oxygen atoms in total. The standard InChI is InChI=1S/C14H14N2O4/c1-10(2)9-20-14(17)12(8-15)7-11-3-5-13(6-4-11)16(18)19/h3-7,10H,9H2,1-2H3. The summed E-state index contributed by atoms with van der Waals surface area (Å²) in [4.78, 5) is 21.6. The van der Waals surface area contributed by atoms with Crippen LogP contribution in [0.5, 0.6) is 0 Å². The number of nitro groups is 1. The summed E-state index contributed by atoms with van der Waals surface area (Å²) in [6, 6.07) is 7.30. The van der Waals surface area contributed by atoms with Gasteiger partial charge >= 0.3 is 5.97 Å². The molecule has 0 saturated carbocycles. The molecule has 0 atom stereocenters. The molecule has 0 heterocycles. The van der Waals surface area contributed by atoms with Gasteiger partial charge in [0.2, 0.25) is 0 Å². The highest BCUT2D eigenvalue weighted by Crippen LogP contribution is 2.14. The number of rotatable bonds is 5. The van der Waals surface area contributed by atoms with Gasteiger partial charge in [0.25, 0.3) is 5.69 Å². The van der Waals surface area contributed by atoms with Crippen molar-refractivity contribution in [3.05, 3.63) is 45.5 Å². The molecule has 20 heavy (non-hydrogen) atoms. The number of hydrogen-bond acceptors (Lipinski definition) is 5. The van der Waals surface area contributed by atoms with Crippen LogP contribution in [0, 0.1) is 27.4 Å². The quantitative estimate of drug-likeness (QED) is 0.270. The van der Waals surface area contributed by atoms with Gasteiger partial charge in [-0.2, -0.15) is 5.26 Å². The van der Waals surface area contributed by atoms with E-state index in [9.17, 15) is 14.9 Å². The first kappa shape index (κ1) is 15.4. The van der Waals surface area contributed by atoms with Crippen molar-refractivity contribution in [1.82, 2.24) is 0 Å². The second kappa shape index (κ2) is 7.04. The Bertz CT molecular complexity index is 568. The van der Waals surface area contributed by atoms with E-state index in [2.05, 4.69) is 0 Å². The van der Waals surface area contributed by atoms with Crippen LogP contribution in [-0.2, 0) is 9.53 Å². The summed E-state index contributed by atoms with van der Waals surface area (Å²) in [5.74, 6) is -0.516. The van der Waals surface area contributed by atoms with Gasteiger partial charge in [-0.05, 0) is 29.7 Å². The Kier molecular flexibility index (Phi) is 5.42. The molecule has 0 fully saturated rings. The molecule has 104 valence electrons. The van der Waals surface area contributed by atoms with Crippen LogP contribution in [0.2, 0.25) is 0 Å². The van der Waals surface area contributed by atoms with Crippen molar-refractivity contribution >= 4 is 17.7 Å². The smallest absolute Gasteiger partial charge is 0.348 e. The maximum Gasteiger partial charge on any atom is 0.348 e. The van der Waals surface area contributed by atoms with E-state index < -0.39 is 10.9 Å². The van der Waals surface area contributed by atoms with E-state index >= 15 is 0 Å². The first-order valence-electron chi connectivity index (χ1n) is 5.97. The maximum absolute atomic E-state index is 11.6. The molecule has 1 aromatic carbocycles. The predicted molar refractivity (Wildman–Crippen MR) is 72.5 cm³/mol. The average molecular weight is 274 g/mol. The Balaban J connectivity index is 2.86. The van der Waals surface area contributed by atoms with Crippen LogP contribution in [0.3, 0.4) is 0 Å². The van der Waals surface area contributed by atoms with Gasteiger partial charge in [-0.3, -0.25) is 10.1 Å². The number of hydrogen-bond donors (Lipinski definition) is 0. The lowest BCUT2D eigenvalue weighted by molar-refractivity contribution is -0.384. The van der Waals surface area contributed by atoms with Crippen LogP contribution in [0.1, 0.15) is 19.4 Å². The van der Waals surface area contributed by atoms with Gasteiger partial charge in [-0.1, -0.05) is 13.8 Å². The Morgan fingerprint density at radius 2 is 2.05 bits per heavy atom. The van der Waals surface area contributed by atoms with Crippen molar-refractivity contribution in [3.63, 3.8) is 0 Å². The minimum absolute atomic E-state index is 0.0527. The zero-order valence-electron chi connectivity index (χ0n) is 11.2. The van der Waals surface area contributed by atoms with E-state index in [-0.39, 0.29) is 23.8 Å². The number of esters is 1. The largest absolute Gasteiger partial charge is 0.461 e. The van der Waals surface area contributed by atoms with Crippen LogP contribution < -0.4 is 0 Å². The topological polar surface area (TPSA) is 93.2 Å². The van der Waals surface area contributed by atoms with Crippen LogP contribution >= 0.6 is 0 Å². The SMILES string of the molecule is CC(C)COC(=O)C(C#N)=Cc1ccc([N+](=O)[O-])cc1. The molecular formula is C14H14N2O4. The van der Waals surface area contributed by atoms with Gasteiger partial charge in [0.1, 0.15) is 11.6 Å². The fourth-order valence-electron chi connectivity index (χ4n) is 1.32. The highest BCUT2D eigenvalue weighted by molar-refractivity contribution is 5.97. The number of nitrogens with zero attached hydrogens (tertiary/aromatic N) is 2. The second-order valence-electron chi connectivity index (χ2n) is 4.51. The third-order valence-corrected chi connectivity index (χ3v) is 2.30. The molecule has 0 aromatic heterocycles. The molecule has 0 aliphatic heterocycles. The summed E-state index contributed by atoms with van der Waals surface area (Å²) < 4.78 is 4.95. The molecular weight excluding hydrogens is 260 g/mol. The van der Waals surface area contributed by atoms with Gasteiger partial charge in [-0.15, -0.1) is 0 Å². The Hall–Kier alpha value is -2.68. The first-order valence-corrected chi connectivity index (χ1v) is 5.97. The monoisotopic (exact) mass is 274 g/mol. The van der Waals surface area contributed by atoms with Gasteiger partial charge in [0.15, 0.2) is 0 Å². The van der Waals surface area contributed by atoms with Crippen molar-refractivity contribution < 1.29 is 14.5 Å². The number of non-ortho nitro benzene ring substituents is 1. The van der Waals surface area contributed by atoms with E-state index in [1.165, 1.54) is 30.3 Å². The molecule has 0 saturated heterocycles. The van der Waals surface area contributed by atoms with Crippen molar-refractivity contribution in [2.45, 2.75) is 13.8 Å². The van der Waals surface area contributed by atoms with Crippen LogP contribution in [0.15, 0.2) is 29.8 Å². The summed E-state index contributed by atoms with van der Waals surface area (Å²) in [5, 5.41) is 19.4. The predicted octanol–water partition coefficient (Wildman–Crippen LogP) is 2.70. The highest BCUT2D eigenvalue weighted by atomic mass is 16.6. The lowest BCUT2D eigenvalue weighted by Crippen LogP contribution is -2.11. The van der Waals surface area contributed by atoms with Crippen LogP contribution in [0.25, 0.3) is 6.08 Å². The van der Waals surface area contributed by atoms with Gasteiger partial charge in [0, 0.05) is 12.1 Å². The number of ether oxygens (including phenoxy) is 1. The lowest BCUT2D eigenvalue weighted by Gasteiger charge is -2.05. The van der Waals surface area contributed by atoms with Crippen molar-refractivity contribution in [2.75, 3.05) is 6.61 Å². The molecule has 0 aliphatic carbocycles. The summed E-state index contributed by atoms with van der Waals surface area (Å²) in [6.07, 6.45) is 1.34. The number of nitriles is 1. The molecule has 6 heteroatoms. The fourth-order valence-corrected chi connectivity index (χ4v) is 1.32. The molecule has 0 amide bonds. The Morgan fingerprint density at radius 3 is 2.50 bits per heavy atom. The summed E-state index contributed by atoms with van der Waals surface area (Å²) in [6.45, 7) is 4.01. The zero-order valence-corrected chi connectivity index (χ0v) is 11.2. The van der Waals surface area contributed by atoms with E-state index in [1.807, 2.05) is 13.8 Å². The van der Waals surface area contributed by atoms with E-state index in [0.29, 0.717) is 5.56 Å². The minimum Gasteiger partial charge on any atom is -0.461 e. The van der Waals surface area contributed by atoms with E-state index in [0.717, 1.165) is 0 Å². The van der Waals surface area contributed by atoms with Crippen LogP contribution in [-0.4, -0.2) is 17.5 Å². The number of nitro benzene ring substituents is 1. The Morgan fingerprint density at radius 1 is 1.45 bits per heavy atom. The maximum atomic E-state index is 11.6. The second-order valence-corrected chi connectivity index (χ2v) is 4.51. The number of benzene rings is 1. The summed E-state index contributed by atoms with van der Waals surface area (Å²) in [7, 11) is 0. The number of carbonyl (C=O) groups is 1. The van der Waals surface area contributed by atoms with Gasteiger partial charge in [0.05, 0.1) is 11.5 Å². The third-order valence-electron chi connectivity index (χ3n) is 2.30. The molecule has 0 N–H and O–H groups in total. The van der Waals surface area contributed by atoms with Crippen molar-refractivity contribution in [1.29, 1.82) is 5.26 Å². The van der Waals surface area contributed by atoms with E-state index in [1.54, 1.807) is 6.07 Å². The van der Waals surface area contributed by atoms with Crippen molar-refractivity contribution in [3.8, 4) is 6.07 Å². The number of carbonyl (C=O) groups excluding carboxylic acids is 1. The molecule has 0 spiro atoms. The molecule has 0 aliphatic rings. The highest BCUT2D eigenvalue weighted by Gasteiger charge is 2.12. The fraction of sp³-hybridized carbons (Fsp3) is 0.286. The minimum atomic E-state index is -0.695. The Labute approximate surface area is 116 Å². The normalized spacial score (nSPS) is 11.0. The lowest BCUT2D eigenvalue weighted by atomic mass is 10.1. The third kappa shape index (κ3) is 4.53. The molecule has 0 unspecified atom stereocenters. The molecule has 1 rings (SSSR count). The molecule has 1 aromatic rings. The van der Waals surface area contributed by atoms with E-state index in [4.69, 9.17) is 10.00 Å². The van der Waals surface area contributed by atoms with Crippen LogP contribution in [0.4, 0.5) is 5.69 Å². The van der Waals surface area contributed by atoms with Crippen molar-refractivity contribution in [2.24, 2.45) is 5.92 Å². The zero-order chi connectivity index (χ0) is 15.1. The summed E-state index contributed by atoms with van der Waals surface area (Å²) >= 11 is 0. The average Bonchev–Trinajstić information content (AvgIpc) is 2.42. The molecule has 0 radical (unpaired) electrons. The van der Waals surface area contributed by atoms with Gasteiger partial charge in [-0.25, -0.2) is 4.79 Å². The summed E-state index contributed by atoms with van der Waals surface area (Å²) in [5.41, 5.74) is 0.330. The molecule has 0 bridgehead atoms. The first-order chi connectivity index (χ1) is 9.43. The van der Waals surface area contributed by atoms with Gasteiger partial charge < -0.3 is 4.74 Å².